The van der Waals surface area contributed by atoms with Crippen molar-refractivity contribution in [3.63, 3.8) is 0 Å². The van der Waals surface area contributed by atoms with Crippen LogP contribution in [-0.2, 0) is 20.1 Å². The molecule has 3 heterocycles. The fraction of sp³-hybridized carbons (Fsp3) is 0.200. The van der Waals surface area contributed by atoms with E-state index < -0.39 is 20.8 Å². The molecule has 3 aromatic heterocycles. The Bertz CT molecular complexity index is 2670. The van der Waals surface area contributed by atoms with Crippen LogP contribution in [0, 0.1) is 19.0 Å². The molecule has 0 aliphatic carbocycles. The molecule has 0 aliphatic heterocycles. The first-order valence-electron chi connectivity index (χ1n) is 20.2. The summed E-state index contributed by atoms with van der Waals surface area (Å²) >= 11 is 0. The van der Waals surface area contributed by atoms with Gasteiger partial charge in [0.2, 0.25) is 0 Å². The second kappa shape index (κ2) is 16.8. The van der Waals surface area contributed by atoms with Gasteiger partial charge in [-0.05, 0) is 57.2 Å². The Hall–Kier alpha value is -4.93. The van der Waals surface area contributed by atoms with Gasteiger partial charge in [0, 0.05) is 42.0 Å². The van der Waals surface area contributed by atoms with Crippen molar-refractivity contribution in [1.29, 1.82) is 0 Å². The molecular weight excluding hydrogens is 865 g/mol. The molecule has 0 atom stereocenters. The molecule has 8 rings (SSSR count). The van der Waals surface area contributed by atoms with Gasteiger partial charge >= 0.3 is 0 Å². The maximum Gasteiger partial charge on any atom is 0.121 e. The van der Waals surface area contributed by atoms with Crippen LogP contribution in [0.3, 0.4) is 0 Å². The van der Waals surface area contributed by atoms with Gasteiger partial charge in [0.25, 0.3) is 0 Å². The maximum absolute atomic E-state index is 8.65. The smallest absolute Gasteiger partial charge is 0.121 e. The van der Waals surface area contributed by atoms with Crippen molar-refractivity contribution >= 4 is 35.2 Å². The number of aryl methyl sites for hydroxylation is 1. The quantitative estimate of drug-likeness (QED) is 0.118. The SMILES string of the molecule is CC(C)c1ccnc(-c2[c-]ccc3c2oc2cc(-c4ccccc4)ccc23)c1.[2H]C([2H])c1c[c-]c(-c2cc(C([2H])(C)C)c([Si](C)(C)C)cn2)cc1-c1ccccc1.[Ir]. The molecule has 279 valence electrons. The van der Waals surface area contributed by atoms with E-state index in [-0.39, 0.29) is 20.1 Å². The zero-order chi connectivity index (χ0) is 40.5. The van der Waals surface area contributed by atoms with Crippen LogP contribution in [0.5, 0.6) is 0 Å². The minimum absolute atomic E-state index is 0. The summed E-state index contributed by atoms with van der Waals surface area (Å²) in [5, 5.41) is 3.42. The molecule has 0 amide bonds. The average molecular weight is 916 g/mol. The van der Waals surface area contributed by atoms with E-state index in [1.807, 2.05) is 80.8 Å². The normalized spacial score (nSPS) is 12.5. The summed E-state index contributed by atoms with van der Waals surface area (Å²) in [5.74, 6) is -0.270. The Morgan fingerprint density at radius 1 is 0.727 bits per heavy atom. The Morgan fingerprint density at radius 3 is 2.13 bits per heavy atom. The summed E-state index contributed by atoms with van der Waals surface area (Å²) in [6.45, 7) is 14.0. The molecule has 5 heteroatoms. The number of rotatable bonds is 7. The van der Waals surface area contributed by atoms with Crippen LogP contribution in [0.4, 0.5) is 0 Å². The van der Waals surface area contributed by atoms with Gasteiger partial charge in [-0.25, -0.2) is 0 Å². The number of furan rings is 1. The molecule has 0 spiro atoms. The van der Waals surface area contributed by atoms with Gasteiger partial charge in [-0.1, -0.05) is 167 Å². The molecule has 55 heavy (non-hydrogen) atoms. The number of fused-ring (bicyclic) bond motifs is 3. The molecule has 0 fully saturated rings. The third-order valence-corrected chi connectivity index (χ3v) is 11.9. The van der Waals surface area contributed by atoms with Gasteiger partial charge in [-0.3, -0.25) is 0 Å². The molecule has 0 N–H and O–H groups in total. The molecule has 5 aromatic carbocycles. The van der Waals surface area contributed by atoms with E-state index in [2.05, 4.69) is 111 Å². The van der Waals surface area contributed by atoms with Gasteiger partial charge < -0.3 is 14.4 Å². The number of hydrogen-bond acceptors (Lipinski definition) is 3. The third kappa shape index (κ3) is 8.65. The minimum atomic E-state index is -1.64. The van der Waals surface area contributed by atoms with E-state index in [1.165, 1.54) is 16.3 Å². The van der Waals surface area contributed by atoms with Crippen molar-refractivity contribution in [2.45, 2.75) is 66.0 Å². The molecule has 1 radical (unpaired) electrons. The standard InChI is InChI=1S/C26H20NO.C24H28NSi.Ir/c1-17(2)19-13-14-27-24(15-19)23-10-6-9-22-21-12-11-20(16-25(21)28-26(22)23)18-7-4-3-5-8-18;1-17(2)21-15-23(25-16-24(21)26(4,5)6)20-13-12-18(3)22(14-20)19-10-8-7-9-11-19;/h3-9,11-17H,1-2H3;7-12,14-17H,1-6H3;/q2*-1;/i;3D2,17D;. The van der Waals surface area contributed by atoms with Crippen LogP contribution < -0.4 is 5.19 Å². The molecule has 3 nitrogen and oxygen atoms in total. The van der Waals surface area contributed by atoms with E-state index in [0.717, 1.165) is 66.7 Å². The van der Waals surface area contributed by atoms with Gasteiger partial charge in [-0.15, -0.1) is 47.5 Å². The van der Waals surface area contributed by atoms with Crippen LogP contribution in [0.2, 0.25) is 19.6 Å². The Kier molecular flexibility index (Phi) is 10.9. The zero-order valence-electron chi connectivity index (χ0n) is 35.5. The van der Waals surface area contributed by atoms with Crippen LogP contribution in [0.25, 0.3) is 66.7 Å². The van der Waals surface area contributed by atoms with E-state index in [9.17, 15) is 0 Å². The van der Waals surface area contributed by atoms with Gasteiger partial charge in [-0.2, -0.15) is 0 Å². The van der Waals surface area contributed by atoms with Gasteiger partial charge in [0.05, 0.1) is 13.7 Å². The fourth-order valence-electron chi connectivity index (χ4n) is 6.82. The summed E-state index contributed by atoms with van der Waals surface area (Å²) in [5.41, 5.74) is 12.2. The van der Waals surface area contributed by atoms with Crippen LogP contribution in [-0.4, -0.2) is 18.0 Å². The number of hydrogen-bond donors (Lipinski definition) is 0. The van der Waals surface area contributed by atoms with Crippen LogP contribution in [0.1, 0.15) is 60.3 Å². The monoisotopic (exact) mass is 916 g/mol. The van der Waals surface area contributed by atoms with E-state index in [0.29, 0.717) is 11.5 Å². The van der Waals surface area contributed by atoms with Crippen molar-refractivity contribution < 1.29 is 28.6 Å². The number of pyridine rings is 2. The second-order valence-electron chi connectivity index (χ2n) is 15.4. The van der Waals surface area contributed by atoms with Crippen molar-refractivity contribution in [2.75, 3.05) is 0 Å². The molecule has 8 aromatic rings. The van der Waals surface area contributed by atoms with Crippen molar-refractivity contribution in [1.82, 2.24) is 9.97 Å². The minimum Gasteiger partial charge on any atom is -0.501 e. The first-order chi connectivity index (χ1) is 27.2. The zero-order valence-corrected chi connectivity index (χ0v) is 35.9. The molecular formula is C50H48IrN2OSi-2. The third-order valence-electron chi connectivity index (χ3n) is 9.84. The molecule has 0 unspecified atom stereocenters. The van der Waals surface area contributed by atoms with Crippen molar-refractivity contribution in [3.8, 4) is 44.8 Å². The predicted octanol–water partition coefficient (Wildman–Crippen LogP) is 13.4. The summed E-state index contributed by atoms with van der Waals surface area (Å²) in [6.07, 6.45) is 3.81. The number of benzene rings is 5. The first kappa shape index (κ1) is 35.7. The molecule has 0 saturated carbocycles. The topological polar surface area (TPSA) is 38.9 Å². The van der Waals surface area contributed by atoms with Gasteiger partial charge in [0.15, 0.2) is 0 Å². The van der Waals surface area contributed by atoms with Crippen LogP contribution >= 0.6 is 0 Å². The predicted molar refractivity (Wildman–Crippen MR) is 231 cm³/mol. The first-order valence-corrected chi connectivity index (χ1v) is 22.0. The van der Waals surface area contributed by atoms with Crippen molar-refractivity contribution in [3.05, 3.63) is 163 Å². The number of aromatic nitrogens is 2. The Morgan fingerprint density at radius 2 is 1.45 bits per heavy atom. The summed E-state index contributed by atoms with van der Waals surface area (Å²) in [4.78, 5) is 9.31. The maximum atomic E-state index is 8.65. The summed E-state index contributed by atoms with van der Waals surface area (Å²) in [6, 6.07) is 47.2. The van der Waals surface area contributed by atoms with E-state index >= 15 is 0 Å². The van der Waals surface area contributed by atoms with Crippen molar-refractivity contribution in [2.24, 2.45) is 0 Å². The average Bonchev–Trinajstić information content (AvgIpc) is 3.59. The molecule has 0 bridgehead atoms. The van der Waals surface area contributed by atoms with E-state index in [1.54, 1.807) is 6.07 Å². The van der Waals surface area contributed by atoms with Gasteiger partial charge in [0.1, 0.15) is 5.58 Å². The Labute approximate surface area is 345 Å². The fourth-order valence-corrected chi connectivity index (χ4v) is 8.40. The number of nitrogens with zero attached hydrogens (tertiary/aromatic N) is 2. The van der Waals surface area contributed by atoms with Crippen LogP contribution in [0.15, 0.2) is 138 Å². The summed E-state index contributed by atoms with van der Waals surface area (Å²) in [7, 11) is -1.64. The molecule has 0 saturated heterocycles. The summed E-state index contributed by atoms with van der Waals surface area (Å²) < 4.78 is 30.8. The Balaban J connectivity index is 0.000000192. The van der Waals surface area contributed by atoms with E-state index in [4.69, 9.17) is 13.5 Å². The molecule has 0 aliphatic rings. The largest absolute Gasteiger partial charge is 0.501 e. The second-order valence-corrected chi connectivity index (χ2v) is 20.4.